The third-order valence-corrected chi connectivity index (χ3v) is 8.98. The molecule has 29 heavy (non-hydrogen) atoms. The Morgan fingerprint density at radius 1 is 0.931 bits per heavy atom. The molecule has 0 aromatic heterocycles. The number of nitrogens with one attached hydrogen (secondary N) is 1. The second kappa shape index (κ2) is 8.95. The van der Waals surface area contributed by atoms with E-state index in [1.807, 2.05) is 12.1 Å². The van der Waals surface area contributed by atoms with E-state index < -0.39 is 20.0 Å². The lowest BCUT2D eigenvalue weighted by Gasteiger charge is -2.31. The Bertz CT molecular complexity index is 1010. The minimum Gasteiger partial charge on any atom is -0.208 e. The average Bonchev–Trinajstić information content (AvgIpc) is 2.74. The summed E-state index contributed by atoms with van der Waals surface area (Å²) >= 11 is 0. The normalized spacial score (nSPS) is 17.9. The number of hydrogen-bond donors (Lipinski definition) is 1. The van der Waals surface area contributed by atoms with Gasteiger partial charge in [0, 0.05) is 19.1 Å². The van der Waals surface area contributed by atoms with Gasteiger partial charge in [-0.25, -0.2) is 21.6 Å². The van der Waals surface area contributed by atoms with Crippen molar-refractivity contribution in [3.8, 4) is 0 Å². The summed E-state index contributed by atoms with van der Waals surface area (Å²) in [4.78, 5) is 0.504. The van der Waals surface area contributed by atoms with Crippen LogP contribution in [0.25, 0.3) is 0 Å². The third-order valence-electron chi connectivity index (χ3n) is 5.53. The molecule has 0 saturated carbocycles. The highest BCUT2D eigenvalue weighted by Crippen LogP contribution is 2.25. The maximum atomic E-state index is 12.9. The molecule has 2 aromatic rings. The fourth-order valence-corrected chi connectivity index (χ4v) is 6.25. The van der Waals surface area contributed by atoms with Gasteiger partial charge in [0.15, 0.2) is 0 Å². The molecule has 3 rings (SSSR count). The summed E-state index contributed by atoms with van der Waals surface area (Å²) in [5, 5.41) is 0. The molecule has 0 aliphatic carbocycles. The van der Waals surface area contributed by atoms with Crippen LogP contribution in [0.3, 0.4) is 0 Å². The SMILES string of the molecule is CCC(C)c1ccc(S(=O)(=O)N2CCC(NS(=O)(=O)c3ccccc3)CC2)cc1. The monoisotopic (exact) mass is 436 g/mol. The molecule has 1 unspecified atom stereocenters. The molecule has 6 nitrogen and oxygen atoms in total. The van der Waals surface area contributed by atoms with Gasteiger partial charge in [-0.2, -0.15) is 4.31 Å². The zero-order chi connectivity index (χ0) is 21.1. The van der Waals surface area contributed by atoms with Crippen LogP contribution in [0.15, 0.2) is 64.4 Å². The summed E-state index contributed by atoms with van der Waals surface area (Å²) in [5.74, 6) is 0.389. The summed E-state index contributed by atoms with van der Waals surface area (Å²) in [7, 11) is -7.17. The first-order valence-corrected chi connectivity index (χ1v) is 12.8. The maximum Gasteiger partial charge on any atom is 0.243 e. The van der Waals surface area contributed by atoms with Gasteiger partial charge < -0.3 is 0 Å². The minimum atomic E-state index is -3.60. The molecule has 0 amide bonds. The van der Waals surface area contributed by atoms with E-state index in [9.17, 15) is 16.8 Å². The maximum absolute atomic E-state index is 12.9. The van der Waals surface area contributed by atoms with E-state index in [0.29, 0.717) is 18.8 Å². The second-order valence-electron chi connectivity index (χ2n) is 7.49. The molecule has 1 aliphatic heterocycles. The molecule has 8 heteroatoms. The Morgan fingerprint density at radius 2 is 1.52 bits per heavy atom. The second-order valence-corrected chi connectivity index (χ2v) is 11.1. The average molecular weight is 437 g/mol. The Labute approximate surface area is 174 Å². The Balaban J connectivity index is 1.64. The Morgan fingerprint density at radius 3 is 2.07 bits per heavy atom. The summed E-state index contributed by atoms with van der Waals surface area (Å²) in [6.45, 7) is 4.80. The first kappa shape index (κ1) is 22.0. The summed E-state index contributed by atoms with van der Waals surface area (Å²) in [6, 6.07) is 15.0. The fraction of sp³-hybridized carbons (Fsp3) is 0.429. The first-order chi connectivity index (χ1) is 13.7. The Hall–Kier alpha value is -1.74. The lowest BCUT2D eigenvalue weighted by Crippen LogP contribution is -2.46. The van der Waals surface area contributed by atoms with Crippen LogP contribution in [0.1, 0.15) is 44.6 Å². The topological polar surface area (TPSA) is 83.6 Å². The van der Waals surface area contributed by atoms with Crippen molar-refractivity contribution >= 4 is 20.0 Å². The summed E-state index contributed by atoms with van der Waals surface area (Å²) < 4.78 is 55.0. The number of nitrogens with zero attached hydrogens (tertiary/aromatic N) is 1. The zero-order valence-corrected chi connectivity index (χ0v) is 18.4. The highest BCUT2D eigenvalue weighted by molar-refractivity contribution is 7.89. The number of sulfonamides is 2. The van der Waals surface area contributed by atoms with Gasteiger partial charge in [-0.15, -0.1) is 0 Å². The quantitative estimate of drug-likeness (QED) is 0.722. The van der Waals surface area contributed by atoms with E-state index in [4.69, 9.17) is 0 Å². The van der Waals surface area contributed by atoms with Crippen molar-refractivity contribution in [3.05, 3.63) is 60.2 Å². The van der Waals surface area contributed by atoms with Gasteiger partial charge in [0.05, 0.1) is 9.79 Å². The molecule has 2 aromatic carbocycles. The van der Waals surface area contributed by atoms with Crippen molar-refractivity contribution in [1.82, 2.24) is 9.03 Å². The van der Waals surface area contributed by atoms with Crippen molar-refractivity contribution in [3.63, 3.8) is 0 Å². The van der Waals surface area contributed by atoms with Gasteiger partial charge in [0.2, 0.25) is 20.0 Å². The van der Waals surface area contributed by atoms with Crippen molar-refractivity contribution in [2.75, 3.05) is 13.1 Å². The van der Waals surface area contributed by atoms with Gasteiger partial charge >= 0.3 is 0 Å². The van der Waals surface area contributed by atoms with Crippen LogP contribution < -0.4 is 4.72 Å². The number of rotatable bonds is 7. The van der Waals surface area contributed by atoms with E-state index in [1.165, 1.54) is 4.31 Å². The standard InChI is InChI=1S/C21H28N2O4S2/c1-3-17(2)18-9-11-21(12-10-18)29(26,27)23-15-13-19(14-16-23)22-28(24,25)20-7-5-4-6-8-20/h4-12,17,19,22H,3,13-16H2,1-2H3. The lowest BCUT2D eigenvalue weighted by molar-refractivity contribution is 0.308. The molecule has 1 fully saturated rings. The fourth-order valence-electron chi connectivity index (χ4n) is 3.45. The van der Waals surface area contributed by atoms with Crippen LogP contribution >= 0.6 is 0 Å². The lowest BCUT2D eigenvalue weighted by atomic mass is 9.99. The van der Waals surface area contributed by atoms with Gasteiger partial charge in [-0.1, -0.05) is 44.2 Å². The summed E-state index contributed by atoms with van der Waals surface area (Å²) in [5.41, 5.74) is 1.13. The minimum absolute atomic E-state index is 0.219. The van der Waals surface area contributed by atoms with Crippen LogP contribution in [0.5, 0.6) is 0 Å². The Kier molecular flexibility index (Phi) is 6.78. The van der Waals surface area contributed by atoms with E-state index in [1.54, 1.807) is 42.5 Å². The number of piperidine rings is 1. The van der Waals surface area contributed by atoms with Gasteiger partial charge in [0.25, 0.3) is 0 Å². The summed E-state index contributed by atoms with van der Waals surface area (Å²) in [6.07, 6.45) is 1.88. The molecule has 0 radical (unpaired) electrons. The van der Waals surface area contributed by atoms with Crippen molar-refractivity contribution in [2.45, 2.75) is 54.9 Å². The zero-order valence-electron chi connectivity index (χ0n) is 16.8. The van der Waals surface area contributed by atoms with E-state index in [2.05, 4.69) is 18.6 Å². The number of benzene rings is 2. The number of hydrogen-bond acceptors (Lipinski definition) is 4. The molecular weight excluding hydrogens is 408 g/mol. The van der Waals surface area contributed by atoms with E-state index in [0.717, 1.165) is 12.0 Å². The van der Waals surface area contributed by atoms with Crippen molar-refractivity contribution < 1.29 is 16.8 Å². The van der Waals surface area contributed by atoms with Crippen molar-refractivity contribution in [2.24, 2.45) is 0 Å². The third kappa shape index (κ3) is 5.06. The predicted octanol–water partition coefficient (Wildman–Crippen LogP) is 3.33. The first-order valence-electron chi connectivity index (χ1n) is 9.91. The largest absolute Gasteiger partial charge is 0.243 e. The van der Waals surface area contributed by atoms with Gasteiger partial charge in [-0.3, -0.25) is 0 Å². The van der Waals surface area contributed by atoms with Crippen LogP contribution in [-0.2, 0) is 20.0 Å². The highest BCUT2D eigenvalue weighted by Gasteiger charge is 2.31. The van der Waals surface area contributed by atoms with Crippen LogP contribution in [0.4, 0.5) is 0 Å². The molecule has 1 N–H and O–H groups in total. The molecule has 1 heterocycles. The highest BCUT2D eigenvalue weighted by atomic mass is 32.2. The van der Waals surface area contributed by atoms with Gasteiger partial charge in [0.1, 0.15) is 0 Å². The molecule has 0 spiro atoms. The predicted molar refractivity (Wildman–Crippen MR) is 114 cm³/mol. The van der Waals surface area contributed by atoms with Crippen LogP contribution in [-0.4, -0.2) is 40.3 Å². The van der Waals surface area contributed by atoms with Crippen LogP contribution in [0.2, 0.25) is 0 Å². The smallest absolute Gasteiger partial charge is 0.208 e. The molecule has 158 valence electrons. The molecular formula is C21H28N2O4S2. The van der Waals surface area contributed by atoms with Gasteiger partial charge in [-0.05, 0) is 55.0 Å². The molecule has 0 bridgehead atoms. The van der Waals surface area contributed by atoms with Crippen LogP contribution in [0, 0.1) is 0 Å². The molecule has 1 atom stereocenters. The van der Waals surface area contributed by atoms with E-state index in [-0.39, 0.29) is 28.9 Å². The molecule has 1 saturated heterocycles. The van der Waals surface area contributed by atoms with E-state index >= 15 is 0 Å². The molecule has 1 aliphatic rings. The van der Waals surface area contributed by atoms with Crippen molar-refractivity contribution in [1.29, 1.82) is 0 Å².